The molecule has 1 saturated heterocycles. The predicted molar refractivity (Wildman–Crippen MR) is 96.5 cm³/mol. The second-order valence-electron chi connectivity index (χ2n) is 6.55. The highest BCUT2D eigenvalue weighted by atomic mass is 16.5. The van der Waals surface area contributed by atoms with Gasteiger partial charge in [0.1, 0.15) is 11.5 Å². The molecule has 0 bridgehead atoms. The fraction of sp³-hybridized carbons (Fsp3) is 0.450. The van der Waals surface area contributed by atoms with Gasteiger partial charge >= 0.3 is 0 Å². The molecule has 5 heteroatoms. The van der Waals surface area contributed by atoms with Crippen LogP contribution < -0.4 is 5.32 Å². The van der Waals surface area contributed by atoms with Gasteiger partial charge in [-0.25, -0.2) is 0 Å². The van der Waals surface area contributed by atoms with Gasteiger partial charge < -0.3 is 14.5 Å². The Labute approximate surface area is 149 Å². The first kappa shape index (κ1) is 17.7. The number of furan rings is 1. The van der Waals surface area contributed by atoms with Crippen molar-refractivity contribution in [2.75, 3.05) is 26.7 Å². The molecule has 0 unspecified atom stereocenters. The van der Waals surface area contributed by atoms with Crippen molar-refractivity contribution in [3.8, 4) is 0 Å². The lowest BCUT2D eigenvalue weighted by atomic mass is 10.1. The molecule has 1 aromatic heterocycles. The molecular formula is C20H26N2O3. The number of carbonyl (C=O) groups is 1. The van der Waals surface area contributed by atoms with Crippen LogP contribution in [0.5, 0.6) is 0 Å². The summed E-state index contributed by atoms with van der Waals surface area (Å²) in [6.07, 6.45) is 2.40. The van der Waals surface area contributed by atoms with Gasteiger partial charge in [0, 0.05) is 19.2 Å². The van der Waals surface area contributed by atoms with E-state index in [-0.39, 0.29) is 11.9 Å². The van der Waals surface area contributed by atoms with Crippen molar-refractivity contribution in [3.05, 3.63) is 59.0 Å². The summed E-state index contributed by atoms with van der Waals surface area (Å²) in [5, 5.41) is 3.07. The van der Waals surface area contributed by atoms with Gasteiger partial charge in [-0.2, -0.15) is 0 Å². The third kappa shape index (κ3) is 4.50. The minimum absolute atomic E-state index is 0.0644. The summed E-state index contributed by atoms with van der Waals surface area (Å²) < 4.78 is 11.0. The molecule has 0 aliphatic carbocycles. The maximum Gasteiger partial charge on any atom is 0.251 e. The number of hydrogen-bond donors (Lipinski definition) is 1. The Morgan fingerprint density at radius 2 is 2.08 bits per heavy atom. The number of nitrogens with one attached hydrogen (secondary N) is 1. The van der Waals surface area contributed by atoms with Crippen LogP contribution in [-0.4, -0.2) is 37.6 Å². The van der Waals surface area contributed by atoms with Gasteiger partial charge in [-0.3, -0.25) is 9.69 Å². The minimum Gasteiger partial charge on any atom is -0.465 e. The monoisotopic (exact) mass is 342 g/mol. The molecule has 1 aliphatic rings. The lowest BCUT2D eigenvalue weighted by molar-refractivity contribution is 0.0933. The number of nitrogens with zero attached hydrogens (tertiary/aromatic N) is 1. The summed E-state index contributed by atoms with van der Waals surface area (Å²) in [5.41, 5.74) is 1.65. The predicted octanol–water partition coefficient (Wildman–Crippen LogP) is 3.30. The average molecular weight is 342 g/mol. The largest absolute Gasteiger partial charge is 0.465 e. The highest BCUT2D eigenvalue weighted by Gasteiger charge is 2.26. The zero-order chi connectivity index (χ0) is 17.6. The Kier molecular flexibility index (Phi) is 5.89. The lowest BCUT2D eigenvalue weighted by Crippen LogP contribution is -2.36. The van der Waals surface area contributed by atoms with Crippen molar-refractivity contribution >= 4 is 5.91 Å². The number of carbonyl (C=O) groups excluding carboxylic acids is 1. The molecule has 1 aliphatic heterocycles. The smallest absolute Gasteiger partial charge is 0.251 e. The van der Waals surface area contributed by atoms with Gasteiger partial charge in [-0.15, -0.1) is 0 Å². The molecule has 1 aromatic carbocycles. The van der Waals surface area contributed by atoms with E-state index < -0.39 is 0 Å². The zero-order valence-corrected chi connectivity index (χ0v) is 15.0. The van der Waals surface area contributed by atoms with Gasteiger partial charge in [-0.05, 0) is 62.7 Å². The first-order valence-corrected chi connectivity index (χ1v) is 8.84. The molecular weight excluding hydrogens is 316 g/mol. The average Bonchev–Trinajstić information content (AvgIpc) is 3.28. The Morgan fingerprint density at radius 1 is 1.28 bits per heavy atom. The Balaban J connectivity index is 1.68. The standard InChI is InChI=1S/C20H26N2O3/c1-15-8-9-19(25-15)18(22-10-3-4-11-22)13-21-20(23)17-7-5-6-16(12-17)14-24-2/h5-9,12,18H,3-4,10-11,13-14H2,1-2H3,(H,21,23)/t18-/m1/s1. The maximum absolute atomic E-state index is 12.6. The van der Waals surface area contributed by atoms with E-state index >= 15 is 0 Å². The van der Waals surface area contributed by atoms with Crippen LogP contribution in [0.15, 0.2) is 40.8 Å². The zero-order valence-electron chi connectivity index (χ0n) is 15.0. The van der Waals surface area contributed by atoms with E-state index in [4.69, 9.17) is 9.15 Å². The normalized spacial score (nSPS) is 16.1. The molecule has 5 nitrogen and oxygen atoms in total. The third-order valence-corrected chi connectivity index (χ3v) is 4.63. The van der Waals surface area contributed by atoms with E-state index in [0.717, 1.165) is 30.2 Å². The van der Waals surface area contributed by atoms with Crippen molar-refractivity contribution in [2.24, 2.45) is 0 Å². The molecule has 0 radical (unpaired) electrons. The first-order valence-electron chi connectivity index (χ1n) is 8.84. The molecule has 1 N–H and O–H groups in total. The number of rotatable bonds is 7. The van der Waals surface area contributed by atoms with Crippen molar-refractivity contribution in [1.82, 2.24) is 10.2 Å². The molecule has 3 rings (SSSR count). The number of amides is 1. The van der Waals surface area contributed by atoms with E-state index in [9.17, 15) is 4.79 Å². The molecule has 0 spiro atoms. The van der Waals surface area contributed by atoms with Gasteiger partial charge in [0.25, 0.3) is 5.91 Å². The molecule has 25 heavy (non-hydrogen) atoms. The van der Waals surface area contributed by atoms with Crippen LogP contribution in [-0.2, 0) is 11.3 Å². The number of methoxy groups -OCH3 is 1. The van der Waals surface area contributed by atoms with Gasteiger partial charge in [0.05, 0.1) is 12.6 Å². The van der Waals surface area contributed by atoms with Crippen molar-refractivity contribution < 1.29 is 13.9 Å². The van der Waals surface area contributed by atoms with E-state index in [1.54, 1.807) is 7.11 Å². The number of hydrogen-bond acceptors (Lipinski definition) is 4. The Hall–Kier alpha value is -2.11. The molecule has 2 heterocycles. The molecule has 2 aromatic rings. The molecule has 0 saturated carbocycles. The quantitative estimate of drug-likeness (QED) is 0.839. The lowest BCUT2D eigenvalue weighted by Gasteiger charge is -2.26. The first-order chi connectivity index (χ1) is 12.2. The van der Waals surface area contributed by atoms with Crippen LogP contribution in [0, 0.1) is 6.92 Å². The molecule has 1 amide bonds. The van der Waals surface area contributed by atoms with E-state index in [2.05, 4.69) is 10.2 Å². The van der Waals surface area contributed by atoms with Crippen LogP contribution in [0.2, 0.25) is 0 Å². The van der Waals surface area contributed by atoms with Gasteiger partial charge in [-0.1, -0.05) is 12.1 Å². The van der Waals surface area contributed by atoms with E-state index in [1.807, 2.05) is 43.3 Å². The molecule has 1 fully saturated rings. The highest BCUT2D eigenvalue weighted by Crippen LogP contribution is 2.26. The van der Waals surface area contributed by atoms with Crippen molar-refractivity contribution in [2.45, 2.75) is 32.4 Å². The van der Waals surface area contributed by atoms with E-state index in [0.29, 0.717) is 18.7 Å². The number of ether oxygens (including phenoxy) is 1. The van der Waals surface area contributed by atoms with Crippen LogP contribution >= 0.6 is 0 Å². The van der Waals surface area contributed by atoms with Crippen molar-refractivity contribution in [3.63, 3.8) is 0 Å². The second kappa shape index (κ2) is 8.32. The fourth-order valence-electron chi connectivity index (χ4n) is 3.36. The van der Waals surface area contributed by atoms with Crippen LogP contribution in [0.1, 0.15) is 46.3 Å². The molecule has 1 atom stereocenters. The van der Waals surface area contributed by atoms with Crippen molar-refractivity contribution in [1.29, 1.82) is 0 Å². The fourth-order valence-corrected chi connectivity index (χ4v) is 3.36. The molecule has 134 valence electrons. The number of benzene rings is 1. The highest BCUT2D eigenvalue weighted by molar-refractivity contribution is 5.94. The third-order valence-electron chi connectivity index (χ3n) is 4.63. The van der Waals surface area contributed by atoms with E-state index in [1.165, 1.54) is 12.8 Å². The van der Waals surface area contributed by atoms with Crippen LogP contribution in [0.4, 0.5) is 0 Å². The second-order valence-corrected chi connectivity index (χ2v) is 6.55. The minimum atomic E-state index is -0.0644. The summed E-state index contributed by atoms with van der Waals surface area (Å²) in [7, 11) is 1.65. The SMILES string of the molecule is COCc1cccc(C(=O)NC[C@H](c2ccc(C)o2)N2CCCC2)c1. The summed E-state index contributed by atoms with van der Waals surface area (Å²) in [6.45, 7) is 5.08. The Morgan fingerprint density at radius 3 is 2.76 bits per heavy atom. The summed E-state index contributed by atoms with van der Waals surface area (Å²) in [4.78, 5) is 14.9. The van der Waals surface area contributed by atoms with Gasteiger partial charge in [0.2, 0.25) is 0 Å². The Bertz CT molecular complexity index is 704. The number of aryl methyl sites for hydroxylation is 1. The summed E-state index contributed by atoms with van der Waals surface area (Å²) in [6, 6.07) is 11.6. The topological polar surface area (TPSA) is 54.7 Å². The summed E-state index contributed by atoms with van der Waals surface area (Å²) in [5.74, 6) is 1.76. The van der Waals surface area contributed by atoms with Gasteiger partial charge in [0.15, 0.2) is 0 Å². The number of likely N-dealkylation sites (tertiary alicyclic amines) is 1. The van der Waals surface area contributed by atoms with Crippen LogP contribution in [0.3, 0.4) is 0 Å². The summed E-state index contributed by atoms with van der Waals surface area (Å²) >= 11 is 0. The van der Waals surface area contributed by atoms with Crippen LogP contribution in [0.25, 0.3) is 0 Å². The maximum atomic E-state index is 12.6.